The third-order valence-corrected chi connectivity index (χ3v) is 5.38. The van der Waals surface area contributed by atoms with Crippen LogP contribution >= 0.6 is 0 Å². The fourth-order valence-electron chi connectivity index (χ4n) is 3.24. The Balaban J connectivity index is 2.15. The lowest BCUT2D eigenvalue weighted by Crippen LogP contribution is -2.49. The summed E-state index contributed by atoms with van der Waals surface area (Å²) >= 11 is 0. The lowest BCUT2D eigenvalue weighted by atomic mass is 9.65. The van der Waals surface area contributed by atoms with Crippen LogP contribution in [0, 0.1) is 16.7 Å². The van der Waals surface area contributed by atoms with Gasteiger partial charge in [0.1, 0.15) is 0 Å². The van der Waals surface area contributed by atoms with Crippen LogP contribution in [0.15, 0.2) is 24.3 Å². The lowest BCUT2D eigenvalue weighted by Gasteiger charge is -2.41. The van der Waals surface area contributed by atoms with Gasteiger partial charge >= 0.3 is 0 Å². The van der Waals surface area contributed by atoms with Crippen molar-refractivity contribution in [2.75, 3.05) is 5.32 Å². The van der Waals surface area contributed by atoms with Crippen molar-refractivity contribution in [3.63, 3.8) is 0 Å². The van der Waals surface area contributed by atoms with Crippen LogP contribution in [0.3, 0.4) is 0 Å². The number of hydrogen-bond donors (Lipinski definition) is 1. The van der Waals surface area contributed by atoms with E-state index in [0.29, 0.717) is 18.5 Å². The summed E-state index contributed by atoms with van der Waals surface area (Å²) in [6.07, 6.45) is 0.838. The summed E-state index contributed by atoms with van der Waals surface area (Å²) in [6.45, 7) is 5.14. The highest BCUT2D eigenvalue weighted by Crippen LogP contribution is 2.55. The number of carboxylic acid groups (broad SMARTS) is 2. The van der Waals surface area contributed by atoms with Crippen LogP contribution in [0.5, 0.6) is 0 Å². The largest absolute Gasteiger partial charge is 0.550 e. The van der Waals surface area contributed by atoms with Crippen LogP contribution in [-0.2, 0) is 9.59 Å². The van der Waals surface area contributed by atoms with E-state index in [1.807, 2.05) is 0 Å². The third-order valence-electron chi connectivity index (χ3n) is 5.38. The van der Waals surface area contributed by atoms with E-state index in [-0.39, 0.29) is 11.5 Å². The number of nitrogens with one attached hydrogen (secondary N) is 1. The predicted octanol–water partition coefficient (Wildman–Crippen LogP) is 0.181. The smallest absolute Gasteiger partial charge is 0.228 e. The minimum absolute atomic E-state index is 0.0220. The molecule has 0 spiro atoms. The van der Waals surface area contributed by atoms with E-state index in [9.17, 15) is 24.6 Å². The molecule has 1 N–H and O–H groups in total. The fourth-order valence-corrected chi connectivity index (χ4v) is 3.24. The number of hydrogen-bond acceptors (Lipinski definition) is 5. The molecule has 2 atom stereocenters. The fraction of sp³-hybridized carbons (Fsp3) is 0.471. The molecule has 0 aliphatic heterocycles. The van der Waals surface area contributed by atoms with Gasteiger partial charge in [0.25, 0.3) is 0 Å². The molecule has 1 fully saturated rings. The van der Waals surface area contributed by atoms with Gasteiger partial charge in [0, 0.05) is 23.0 Å². The molecule has 1 amide bonds. The Hall–Kier alpha value is -2.37. The number of aliphatic carboxylic acids is 1. The van der Waals surface area contributed by atoms with Crippen molar-refractivity contribution in [3.8, 4) is 0 Å². The monoisotopic (exact) mass is 317 g/mol. The number of carbonyl (C=O) groups excluding carboxylic acids is 3. The van der Waals surface area contributed by atoms with Crippen LogP contribution in [0.1, 0.15) is 44.0 Å². The van der Waals surface area contributed by atoms with Crippen molar-refractivity contribution in [1.29, 1.82) is 0 Å². The van der Waals surface area contributed by atoms with Crippen molar-refractivity contribution in [2.24, 2.45) is 16.7 Å². The average molecular weight is 317 g/mol. The molecule has 23 heavy (non-hydrogen) atoms. The Morgan fingerprint density at radius 3 is 2.09 bits per heavy atom. The summed E-state index contributed by atoms with van der Waals surface area (Å²) in [5.74, 6) is -3.17. The molecule has 6 nitrogen and oxygen atoms in total. The second-order valence-electron chi connectivity index (χ2n) is 6.79. The molecule has 0 aromatic heterocycles. The first-order valence-corrected chi connectivity index (χ1v) is 7.43. The van der Waals surface area contributed by atoms with Crippen molar-refractivity contribution in [3.05, 3.63) is 29.8 Å². The Morgan fingerprint density at radius 2 is 1.65 bits per heavy atom. The molecule has 0 radical (unpaired) electrons. The van der Waals surface area contributed by atoms with Crippen molar-refractivity contribution >= 4 is 23.5 Å². The van der Waals surface area contributed by atoms with Crippen molar-refractivity contribution < 1.29 is 24.6 Å². The van der Waals surface area contributed by atoms with E-state index in [1.54, 1.807) is 20.8 Å². The number of amides is 1. The molecule has 0 unspecified atom stereocenters. The van der Waals surface area contributed by atoms with Gasteiger partial charge in [-0.3, -0.25) is 4.79 Å². The summed E-state index contributed by atoms with van der Waals surface area (Å²) in [4.78, 5) is 34.7. The first-order chi connectivity index (χ1) is 10.6. The number of benzene rings is 1. The average Bonchev–Trinajstić information content (AvgIpc) is 2.71. The van der Waals surface area contributed by atoms with Crippen LogP contribution in [0.25, 0.3) is 0 Å². The Labute approximate surface area is 134 Å². The zero-order chi connectivity index (χ0) is 17.4. The summed E-state index contributed by atoms with van der Waals surface area (Å²) < 4.78 is 0. The van der Waals surface area contributed by atoms with Crippen LogP contribution in [0.4, 0.5) is 5.69 Å². The standard InChI is InChI=1S/C17H21NO5/c1-16(2)12(8-9-17(16,3)15(22)23)13(19)18-11-6-4-10(5-7-11)14(20)21/h4-7,12H,8-9H2,1-3H3,(H,18,19)(H,20,21)(H,22,23)/p-2/t12-,17-/m1/s1. The zero-order valence-corrected chi connectivity index (χ0v) is 13.3. The lowest BCUT2D eigenvalue weighted by molar-refractivity contribution is -0.323. The van der Waals surface area contributed by atoms with E-state index in [1.165, 1.54) is 24.3 Å². The van der Waals surface area contributed by atoms with Crippen molar-refractivity contribution in [2.45, 2.75) is 33.6 Å². The van der Waals surface area contributed by atoms with Gasteiger partial charge in [-0.1, -0.05) is 32.9 Å². The highest BCUT2D eigenvalue weighted by molar-refractivity contribution is 5.95. The van der Waals surface area contributed by atoms with Gasteiger partial charge in [0.15, 0.2) is 0 Å². The molecular weight excluding hydrogens is 298 g/mol. The highest BCUT2D eigenvalue weighted by Gasteiger charge is 2.54. The minimum atomic E-state index is -1.29. The maximum atomic E-state index is 12.5. The first kappa shape index (κ1) is 17.0. The first-order valence-electron chi connectivity index (χ1n) is 7.43. The third kappa shape index (κ3) is 2.81. The van der Waals surface area contributed by atoms with Crippen molar-refractivity contribution in [1.82, 2.24) is 0 Å². The van der Waals surface area contributed by atoms with Gasteiger partial charge in [-0.2, -0.15) is 0 Å². The van der Waals surface area contributed by atoms with E-state index >= 15 is 0 Å². The minimum Gasteiger partial charge on any atom is -0.550 e. The maximum Gasteiger partial charge on any atom is 0.228 e. The van der Waals surface area contributed by atoms with Crippen LogP contribution < -0.4 is 15.5 Å². The molecule has 2 rings (SSSR count). The molecule has 0 bridgehead atoms. The molecule has 1 aromatic carbocycles. The van der Waals surface area contributed by atoms with E-state index in [2.05, 4.69) is 5.32 Å². The summed E-state index contributed by atoms with van der Waals surface area (Å²) in [5.41, 5.74) is -1.33. The molecule has 124 valence electrons. The summed E-state index contributed by atoms with van der Waals surface area (Å²) in [5, 5.41) is 24.9. The maximum absolute atomic E-state index is 12.5. The molecule has 6 heteroatoms. The number of aromatic carboxylic acids is 1. The van der Waals surface area contributed by atoms with E-state index in [4.69, 9.17) is 0 Å². The van der Waals surface area contributed by atoms with Gasteiger partial charge in [-0.15, -0.1) is 0 Å². The molecule has 1 aliphatic rings. The number of carbonyl (C=O) groups is 3. The number of carboxylic acids is 2. The molecular formula is C17H19NO5-2. The molecule has 1 aromatic rings. The Kier molecular flexibility index (Phi) is 4.20. The molecule has 0 saturated heterocycles. The van der Waals surface area contributed by atoms with Gasteiger partial charge in [0.2, 0.25) is 5.91 Å². The van der Waals surface area contributed by atoms with E-state index in [0.717, 1.165) is 0 Å². The molecule has 1 saturated carbocycles. The van der Waals surface area contributed by atoms with Gasteiger partial charge in [-0.05, 0) is 36.0 Å². The van der Waals surface area contributed by atoms with Gasteiger partial charge in [-0.25, -0.2) is 0 Å². The van der Waals surface area contributed by atoms with Crippen LogP contribution in [0.2, 0.25) is 0 Å². The van der Waals surface area contributed by atoms with E-state index < -0.39 is 28.7 Å². The molecule has 0 heterocycles. The quantitative estimate of drug-likeness (QED) is 0.852. The Morgan fingerprint density at radius 1 is 1.09 bits per heavy atom. The zero-order valence-electron chi connectivity index (χ0n) is 13.3. The predicted molar refractivity (Wildman–Crippen MR) is 79.0 cm³/mol. The summed E-state index contributed by atoms with van der Waals surface area (Å²) in [7, 11) is 0. The topological polar surface area (TPSA) is 109 Å². The molecule has 1 aliphatic carbocycles. The summed E-state index contributed by atoms with van der Waals surface area (Å²) in [6, 6.07) is 5.64. The van der Waals surface area contributed by atoms with Crippen LogP contribution in [-0.4, -0.2) is 17.8 Å². The van der Waals surface area contributed by atoms with Gasteiger partial charge in [0.05, 0.1) is 5.97 Å². The van der Waals surface area contributed by atoms with Gasteiger partial charge < -0.3 is 25.1 Å². The Bertz CT molecular complexity index is 649. The SMILES string of the molecule is CC1(C)[C@@H](C(=O)Nc2ccc(C(=O)[O-])cc2)CC[C@]1(C)C(=O)[O-]. The second-order valence-corrected chi connectivity index (χ2v) is 6.79. The second kappa shape index (κ2) is 5.68. The number of anilines is 1. The normalized spacial score (nSPS) is 25.8. The number of rotatable bonds is 4. The highest BCUT2D eigenvalue weighted by atomic mass is 16.4.